The zero-order valence-corrected chi connectivity index (χ0v) is 8.61. The van der Waals surface area contributed by atoms with Crippen LogP contribution in [0.2, 0.25) is 0 Å². The standard InChI is InChI=1S/C9H14N2O4/c1-4(2)7-9(15)10-5(3-6(12)13)8(14)11-7/h4-5,7H,3H2,1-2H3,(H,10,15)(H,11,14)(H,12,13)/t5-,7+/m0/s1. The molecule has 3 N–H and O–H groups in total. The predicted molar refractivity (Wildman–Crippen MR) is 51.0 cm³/mol. The summed E-state index contributed by atoms with van der Waals surface area (Å²) in [6.45, 7) is 3.62. The molecule has 6 nitrogen and oxygen atoms in total. The lowest BCUT2D eigenvalue weighted by Crippen LogP contribution is -2.63. The maximum absolute atomic E-state index is 11.5. The van der Waals surface area contributed by atoms with Gasteiger partial charge in [0.15, 0.2) is 0 Å². The maximum Gasteiger partial charge on any atom is 0.305 e. The van der Waals surface area contributed by atoms with Gasteiger partial charge in [0.1, 0.15) is 12.1 Å². The van der Waals surface area contributed by atoms with Gasteiger partial charge in [0.25, 0.3) is 0 Å². The molecule has 1 fully saturated rings. The van der Waals surface area contributed by atoms with Gasteiger partial charge in [-0.1, -0.05) is 13.8 Å². The molecule has 2 amide bonds. The molecule has 0 saturated carbocycles. The number of aliphatic carboxylic acids is 1. The van der Waals surface area contributed by atoms with Crippen LogP contribution in [0.15, 0.2) is 0 Å². The number of hydrogen-bond donors (Lipinski definition) is 3. The zero-order valence-electron chi connectivity index (χ0n) is 8.61. The maximum atomic E-state index is 11.5. The number of carbonyl (C=O) groups is 3. The van der Waals surface area contributed by atoms with Gasteiger partial charge in [-0.3, -0.25) is 14.4 Å². The van der Waals surface area contributed by atoms with Crippen LogP contribution in [0.4, 0.5) is 0 Å². The molecule has 1 saturated heterocycles. The van der Waals surface area contributed by atoms with E-state index in [-0.39, 0.29) is 18.2 Å². The number of hydrogen-bond acceptors (Lipinski definition) is 3. The molecule has 84 valence electrons. The molecule has 0 aromatic rings. The van der Waals surface area contributed by atoms with Crippen molar-refractivity contribution in [2.24, 2.45) is 5.92 Å². The fraction of sp³-hybridized carbons (Fsp3) is 0.667. The Morgan fingerprint density at radius 3 is 2.40 bits per heavy atom. The van der Waals surface area contributed by atoms with Gasteiger partial charge in [0.2, 0.25) is 11.8 Å². The van der Waals surface area contributed by atoms with E-state index in [1.807, 2.05) is 13.8 Å². The SMILES string of the molecule is CC(C)[C@H]1NC(=O)[C@H](CC(=O)O)NC1=O. The van der Waals surface area contributed by atoms with Crippen LogP contribution >= 0.6 is 0 Å². The van der Waals surface area contributed by atoms with Gasteiger partial charge in [-0.05, 0) is 5.92 Å². The summed E-state index contributed by atoms with van der Waals surface area (Å²) in [5.41, 5.74) is 0. The van der Waals surface area contributed by atoms with Crippen molar-refractivity contribution in [3.63, 3.8) is 0 Å². The summed E-state index contributed by atoms with van der Waals surface area (Å²) in [6.07, 6.45) is -0.387. The lowest BCUT2D eigenvalue weighted by atomic mass is 9.99. The van der Waals surface area contributed by atoms with Crippen molar-refractivity contribution in [3.05, 3.63) is 0 Å². The summed E-state index contributed by atoms with van der Waals surface area (Å²) in [7, 11) is 0. The average molecular weight is 214 g/mol. The number of piperazine rings is 1. The first kappa shape index (κ1) is 11.5. The first-order valence-electron chi connectivity index (χ1n) is 4.74. The van der Waals surface area contributed by atoms with E-state index in [0.29, 0.717) is 0 Å². The van der Waals surface area contributed by atoms with Gasteiger partial charge in [0.05, 0.1) is 6.42 Å². The molecule has 2 atom stereocenters. The highest BCUT2D eigenvalue weighted by Gasteiger charge is 2.35. The smallest absolute Gasteiger partial charge is 0.305 e. The van der Waals surface area contributed by atoms with E-state index in [0.717, 1.165) is 0 Å². The summed E-state index contributed by atoms with van der Waals surface area (Å²) < 4.78 is 0. The molecular formula is C9H14N2O4. The molecule has 6 heteroatoms. The van der Waals surface area contributed by atoms with Crippen molar-refractivity contribution in [2.45, 2.75) is 32.4 Å². The first-order chi connectivity index (χ1) is 6.91. The van der Waals surface area contributed by atoms with Gasteiger partial charge in [-0.15, -0.1) is 0 Å². The second kappa shape index (κ2) is 4.29. The molecule has 1 heterocycles. The second-order valence-corrected chi connectivity index (χ2v) is 3.89. The zero-order chi connectivity index (χ0) is 11.6. The number of carbonyl (C=O) groups excluding carboxylic acids is 2. The van der Waals surface area contributed by atoms with Crippen LogP contribution in [-0.4, -0.2) is 35.0 Å². The Bertz CT molecular complexity index is 300. The van der Waals surface area contributed by atoms with Crippen molar-refractivity contribution >= 4 is 17.8 Å². The quantitative estimate of drug-likeness (QED) is 0.567. The van der Waals surface area contributed by atoms with Gasteiger partial charge in [-0.25, -0.2) is 0 Å². The summed E-state index contributed by atoms with van der Waals surface area (Å²) in [5, 5.41) is 13.4. The van der Waals surface area contributed by atoms with Crippen molar-refractivity contribution in [3.8, 4) is 0 Å². The number of carboxylic acids is 1. The highest BCUT2D eigenvalue weighted by atomic mass is 16.4. The molecule has 0 aliphatic carbocycles. The van der Waals surface area contributed by atoms with E-state index >= 15 is 0 Å². The monoisotopic (exact) mass is 214 g/mol. The summed E-state index contributed by atoms with van der Waals surface area (Å²) in [5.74, 6) is -1.88. The van der Waals surface area contributed by atoms with Crippen LogP contribution in [0.1, 0.15) is 20.3 Å². The summed E-state index contributed by atoms with van der Waals surface area (Å²) >= 11 is 0. The van der Waals surface area contributed by atoms with E-state index in [1.54, 1.807) is 0 Å². The Balaban J connectivity index is 2.67. The minimum atomic E-state index is -1.11. The fourth-order valence-electron chi connectivity index (χ4n) is 1.43. The Labute approximate surface area is 87.0 Å². The molecule has 0 spiro atoms. The Morgan fingerprint density at radius 2 is 1.93 bits per heavy atom. The van der Waals surface area contributed by atoms with E-state index in [9.17, 15) is 14.4 Å². The van der Waals surface area contributed by atoms with Crippen LogP contribution < -0.4 is 10.6 Å². The largest absolute Gasteiger partial charge is 0.481 e. The van der Waals surface area contributed by atoms with E-state index in [2.05, 4.69) is 10.6 Å². The van der Waals surface area contributed by atoms with Crippen molar-refractivity contribution in [2.75, 3.05) is 0 Å². The van der Waals surface area contributed by atoms with Gasteiger partial charge < -0.3 is 15.7 Å². The summed E-state index contributed by atoms with van der Waals surface area (Å²) in [4.78, 5) is 33.3. The molecule has 0 aromatic carbocycles. The third-order valence-corrected chi connectivity index (χ3v) is 2.26. The minimum absolute atomic E-state index is 0.0141. The molecule has 1 rings (SSSR count). The Kier molecular flexibility index (Phi) is 3.28. The number of nitrogens with one attached hydrogen (secondary N) is 2. The van der Waals surface area contributed by atoms with E-state index in [1.165, 1.54) is 0 Å². The lowest BCUT2D eigenvalue weighted by Gasteiger charge is -2.30. The molecule has 0 radical (unpaired) electrons. The highest BCUT2D eigenvalue weighted by Crippen LogP contribution is 2.08. The number of amides is 2. The molecule has 1 aliphatic rings. The third kappa shape index (κ3) is 2.68. The van der Waals surface area contributed by atoms with Crippen molar-refractivity contribution < 1.29 is 19.5 Å². The van der Waals surface area contributed by atoms with E-state index < -0.39 is 24.0 Å². The molecule has 15 heavy (non-hydrogen) atoms. The van der Waals surface area contributed by atoms with Crippen LogP contribution in [0, 0.1) is 5.92 Å². The molecule has 1 aliphatic heterocycles. The Morgan fingerprint density at radius 1 is 1.33 bits per heavy atom. The minimum Gasteiger partial charge on any atom is -0.481 e. The normalized spacial score (nSPS) is 26.1. The number of carboxylic acid groups (broad SMARTS) is 1. The van der Waals surface area contributed by atoms with Crippen LogP contribution in [0.25, 0.3) is 0 Å². The molecule has 0 bridgehead atoms. The van der Waals surface area contributed by atoms with Crippen LogP contribution in [-0.2, 0) is 14.4 Å². The van der Waals surface area contributed by atoms with Crippen molar-refractivity contribution in [1.29, 1.82) is 0 Å². The van der Waals surface area contributed by atoms with Crippen LogP contribution in [0.5, 0.6) is 0 Å². The van der Waals surface area contributed by atoms with Crippen LogP contribution in [0.3, 0.4) is 0 Å². The molecular weight excluding hydrogens is 200 g/mol. The molecule has 0 aromatic heterocycles. The predicted octanol–water partition coefficient (Wildman–Crippen LogP) is -0.900. The molecule has 0 unspecified atom stereocenters. The van der Waals surface area contributed by atoms with Gasteiger partial charge in [0, 0.05) is 0 Å². The first-order valence-corrected chi connectivity index (χ1v) is 4.74. The van der Waals surface area contributed by atoms with Gasteiger partial charge >= 0.3 is 5.97 Å². The Hall–Kier alpha value is -1.59. The second-order valence-electron chi connectivity index (χ2n) is 3.89. The lowest BCUT2D eigenvalue weighted by molar-refractivity contribution is -0.143. The highest BCUT2D eigenvalue weighted by molar-refractivity contribution is 5.98. The van der Waals surface area contributed by atoms with Crippen molar-refractivity contribution in [1.82, 2.24) is 10.6 Å². The summed E-state index contributed by atoms with van der Waals surface area (Å²) in [6, 6.07) is -1.52. The number of rotatable bonds is 3. The van der Waals surface area contributed by atoms with E-state index in [4.69, 9.17) is 5.11 Å². The third-order valence-electron chi connectivity index (χ3n) is 2.26. The average Bonchev–Trinajstić information content (AvgIpc) is 2.09. The topological polar surface area (TPSA) is 95.5 Å². The van der Waals surface area contributed by atoms with Gasteiger partial charge in [-0.2, -0.15) is 0 Å². The fourth-order valence-corrected chi connectivity index (χ4v) is 1.43.